The smallest absolute Gasteiger partial charge is 0.225 e. The molecule has 0 atom stereocenters. The summed E-state index contributed by atoms with van der Waals surface area (Å²) in [5, 5.41) is 8.94. The Morgan fingerprint density at radius 2 is 1.06 bits per heavy atom. The molecule has 0 radical (unpaired) electrons. The van der Waals surface area contributed by atoms with E-state index in [1.807, 2.05) is 20.8 Å². The molecule has 0 bridgehead atoms. The average molecular weight is 448 g/mol. The van der Waals surface area contributed by atoms with Crippen LogP contribution in [0.3, 0.4) is 0 Å². The zero-order valence-corrected chi connectivity index (χ0v) is 20.4. The highest BCUT2D eigenvalue weighted by molar-refractivity contribution is 5.81. The Morgan fingerprint density at radius 1 is 0.613 bits per heavy atom. The van der Waals surface area contributed by atoms with Crippen molar-refractivity contribution in [2.45, 2.75) is 53.5 Å². The van der Waals surface area contributed by atoms with E-state index < -0.39 is 5.41 Å². The van der Waals surface area contributed by atoms with E-state index in [0.29, 0.717) is 72.4 Å². The van der Waals surface area contributed by atoms with Crippen molar-refractivity contribution in [1.29, 1.82) is 0 Å². The molecule has 0 fully saturated rings. The summed E-state index contributed by atoms with van der Waals surface area (Å²) in [5.41, 5.74) is -0.296. The lowest BCUT2D eigenvalue weighted by Gasteiger charge is -2.20. The van der Waals surface area contributed by atoms with Gasteiger partial charge in [-0.25, -0.2) is 0 Å². The SMILES string of the molecule is CC(C)(C)NCCOCCOCCC(=O)NCCOCCOCCNC(=O)C(C)(C)C. The van der Waals surface area contributed by atoms with Crippen molar-refractivity contribution in [3.05, 3.63) is 0 Å². The quantitative estimate of drug-likeness (QED) is 0.270. The predicted molar refractivity (Wildman–Crippen MR) is 121 cm³/mol. The molecule has 0 aliphatic rings. The zero-order valence-electron chi connectivity index (χ0n) is 20.4. The van der Waals surface area contributed by atoms with Crippen molar-refractivity contribution in [1.82, 2.24) is 16.0 Å². The minimum Gasteiger partial charge on any atom is -0.379 e. The molecular formula is C22H45N3O6. The second kappa shape index (κ2) is 17.3. The molecule has 0 unspecified atom stereocenters. The van der Waals surface area contributed by atoms with E-state index >= 15 is 0 Å². The molecule has 2 amide bonds. The maximum absolute atomic E-state index is 11.7. The average Bonchev–Trinajstić information content (AvgIpc) is 2.66. The largest absolute Gasteiger partial charge is 0.379 e. The standard InChI is InChI=1S/C22H45N3O6/c1-21(2,3)20(27)24-9-13-30-18-17-29-12-8-23-19(26)7-11-28-15-16-31-14-10-25-22(4,5)6/h25H,7-18H2,1-6H3,(H,23,26)(H,24,27). The number of nitrogens with one attached hydrogen (secondary N) is 3. The number of hydrogen-bond donors (Lipinski definition) is 3. The van der Waals surface area contributed by atoms with Gasteiger partial charge < -0.3 is 34.9 Å². The van der Waals surface area contributed by atoms with Crippen LogP contribution in [-0.4, -0.2) is 89.8 Å². The number of amides is 2. The fraction of sp³-hybridized carbons (Fsp3) is 0.909. The summed E-state index contributed by atoms with van der Waals surface area (Å²) in [6.07, 6.45) is 0.314. The summed E-state index contributed by atoms with van der Waals surface area (Å²) in [7, 11) is 0. The van der Waals surface area contributed by atoms with Crippen LogP contribution in [0.4, 0.5) is 0 Å². The van der Waals surface area contributed by atoms with Gasteiger partial charge in [0.15, 0.2) is 0 Å². The van der Waals surface area contributed by atoms with Gasteiger partial charge in [-0.2, -0.15) is 0 Å². The van der Waals surface area contributed by atoms with Crippen LogP contribution in [0.2, 0.25) is 0 Å². The summed E-state index contributed by atoms with van der Waals surface area (Å²) in [5.74, 6) is -0.0595. The molecule has 0 aromatic rings. The van der Waals surface area contributed by atoms with Gasteiger partial charge in [-0.15, -0.1) is 0 Å². The third kappa shape index (κ3) is 21.7. The maximum Gasteiger partial charge on any atom is 0.225 e. The van der Waals surface area contributed by atoms with Gasteiger partial charge in [-0.05, 0) is 20.8 Å². The summed E-state index contributed by atoms with van der Waals surface area (Å²) in [6, 6.07) is 0. The van der Waals surface area contributed by atoms with E-state index in [9.17, 15) is 9.59 Å². The Bertz CT molecular complexity index is 475. The first-order valence-electron chi connectivity index (χ1n) is 11.1. The number of carbonyl (C=O) groups is 2. The molecule has 9 heteroatoms. The monoisotopic (exact) mass is 447 g/mol. The number of hydrogen-bond acceptors (Lipinski definition) is 7. The van der Waals surface area contributed by atoms with Crippen LogP contribution in [0.25, 0.3) is 0 Å². The molecule has 31 heavy (non-hydrogen) atoms. The van der Waals surface area contributed by atoms with Gasteiger partial charge in [0.1, 0.15) is 0 Å². The Kier molecular flexibility index (Phi) is 16.6. The van der Waals surface area contributed by atoms with Crippen LogP contribution in [0, 0.1) is 5.41 Å². The van der Waals surface area contributed by atoms with E-state index in [1.165, 1.54) is 0 Å². The number of rotatable bonds is 18. The summed E-state index contributed by atoms with van der Waals surface area (Å²) in [6.45, 7) is 17.4. The van der Waals surface area contributed by atoms with Gasteiger partial charge in [0.25, 0.3) is 0 Å². The molecule has 0 spiro atoms. The zero-order chi connectivity index (χ0) is 23.6. The van der Waals surface area contributed by atoms with E-state index in [1.54, 1.807) is 0 Å². The van der Waals surface area contributed by atoms with E-state index in [4.69, 9.17) is 18.9 Å². The van der Waals surface area contributed by atoms with Crippen LogP contribution >= 0.6 is 0 Å². The van der Waals surface area contributed by atoms with Gasteiger partial charge in [0, 0.05) is 37.0 Å². The molecule has 0 saturated heterocycles. The molecule has 9 nitrogen and oxygen atoms in total. The third-order valence-electron chi connectivity index (χ3n) is 3.90. The molecule has 0 saturated carbocycles. The van der Waals surface area contributed by atoms with Crippen LogP contribution in [-0.2, 0) is 28.5 Å². The molecule has 0 aliphatic carbocycles. The summed E-state index contributed by atoms with van der Waals surface area (Å²) >= 11 is 0. The van der Waals surface area contributed by atoms with Crippen molar-refractivity contribution in [2.75, 3.05) is 72.5 Å². The first kappa shape index (κ1) is 29.7. The van der Waals surface area contributed by atoms with Crippen LogP contribution in [0.15, 0.2) is 0 Å². The minimum atomic E-state index is -0.391. The second-order valence-corrected chi connectivity index (χ2v) is 9.23. The van der Waals surface area contributed by atoms with Gasteiger partial charge >= 0.3 is 0 Å². The molecule has 3 N–H and O–H groups in total. The summed E-state index contributed by atoms with van der Waals surface area (Å²) < 4.78 is 21.6. The van der Waals surface area contributed by atoms with Crippen molar-refractivity contribution in [2.24, 2.45) is 5.41 Å². The minimum absolute atomic E-state index is 0.00554. The highest BCUT2D eigenvalue weighted by Gasteiger charge is 2.20. The van der Waals surface area contributed by atoms with Crippen LogP contribution in [0.1, 0.15) is 48.0 Å². The van der Waals surface area contributed by atoms with Crippen LogP contribution in [0.5, 0.6) is 0 Å². The van der Waals surface area contributed by atoms with Gasteiger partial charge in [0.05, 0.1) is 52.9 Å². The second-order valence-electron chi connectivity index (χ2n) is 9.23. The van der Waals surface area contributed by atoms with E-state index in [0.717, 1.165) is 6.54 Å². The van der Waals surface area contributed by atoms with Crippen LogP contribution < -0.4 is 16.0 Å². The van der Waals surface area contributed by atoms with Gasteiger partial charge in [-0.1, -0.05) is 20.8 Å². The lowest BCUT2D eigenvalue weighted by molar-refractivity contribution is -0.128. The van der Waals surface area contributed by atoms with Gasteiger partial charge in [0.2, 0.25) is 11.8 Å². The number of carbonyl (C=O) groups excluding carboxylic acids is 2. The Balaban J connectivity index is 3.31. The Morgan fingerprint density at radius 3 is 1.55 bits per heavy atom. The fourth-order valence-corrected chi connectivity index (χ4v) is 2.16. The van der Waals surface area contributed by atoms with Crippen molar-refractivity contribution in [3.63, 3.8) is 0 Å². The van der Waals surface area contributed by atoms with E-state index in [-0.39, 0.29) is 17.4 Å². The molecule has 0 aliphatic heterocycles. The molecule has 184 valence electrons. The molecule has 0 rings (SSSR count). The highest BCUT2D eigenvalue weighted by Crippen LogP contribution is 2.11. The normalized spacial score (nSPS) is 12.1. The van der Waals surface area contributed by atoms with Crippen molar-refractivity contribution < 1.29 is 28.5 Å². The van der Waals surface area contributed by atoms with E-state index in [2.05, 4.69) is 36.7 Å². The Labute approximate surface area is 188 Å². The van der Waals surface area contributed by atoms with Crippen molar-refractivity contribution >= 4 is 11.8 Å². The lowest BCUT2D eigenvalue weighted by atomic mass is 9.96. The number of ether oxygens (including phenoxy) is 4. The molecule has 0 heterocycles. The van der Waals surface area contributed by atoms with Gasteiger partial charge in [-0.3, -0.25) is 9.59 Å². The first-order valence-corrected chi connectivity index (χ1v) is 11.1. The van der Waals surface area contributed by atoms with Crippen molar-refractivity contribution in [3.8, 4) is 0 Å². The lowest BCUT2D eigenvalue weighted by Crippen LogP contribution is -2.38. The topological polar surface area (TPSA) is 107 Å². The first-order chi connectivity index (χ1) is 14.5. The maximum atomic E-state index is 11.7. The molecule has 0 aromatic heterocycles. The molecular weight excluding hydrogens is 402 g/mol. The fourth-order valence-electron chi connectivity index (χ4n) is 2.16. The predicted octanol–water partition coefficient (Wildman–Crippen LogP) is 1.11. The molecule has 0 aromatic carbocycles. The third-order valence-corrected chi connectivity index (χ3v) is 3.90. The Hall–Kier alpha value is -1.26. The highest BCUT2D eigenvalue weighted by atomic mass is 16.5. The summed E-state index contributed by atoms with van der Waals surface area (Å²) in [4.78, 5) is 23.4.